The number of nitrogens with one attached hydrogen (secondary N) is 1. The Morgan fingerprint density at radius 1 is 1.10 bits per heavy atom. The lowest BCUT2D eigenvalue weighted by atomic mass is 10.1. The molecule has 41 heavy (non-hydrogen) atoms. The van der Waals surface area contributed by atoms with Gasteiger partial charge in [0.15, 0.2) is 6.10 Å². The van der Waals surface area contributed by atoms with Gasteiger partial charge in [0.1, 0.15) is 17.9 Å². The van der Waals surface area contributed by atoms with Crippen LogP contribution >= 0.6 is 0 Å². The molecule has 1 atom stereocenters. The highest BCUT2D eigenvalue weighted by molar-refractivity contribution is 5.81. The van der Waals surface area contributed by atoms with Crippen LogP contribution in [0.15, 0.2) is 54.7 Å². The van der Waals surface area contributed by atoms with E-state index in [2.05, 4.69) is 26.3 Å². The predicted octanol–water partition coefficient (Wildman–Crippen LogP) is 3.59. The summed E-state index contributed by atoms with van der Waals surface area (Å²) in [6, 6.07) is 17.1. The lowest BCUT2D eigenvalue weighted by molar-refractivity contribution is -0.150. The molecule has 1 aromatic heterocycles. The molecule has 0 aliphatic carbocycles. The summed E-state index contributed by atoms with van der Waals surface area (Å²) in [4.78, 5) is 24.4. The first-order valence-electron chi connectivity index (χ1n) is 13.4. The Hall–Kier alpha value is -4.34. The molecule has 3 aromatic rings. The van der Waals surface area contributed by atoms with Crippen molar-refractivity contribution in [2.45, 2.75) is 31.5 Å². The summed E-state index contributed by atoms with van der Waals surface area (Å²) >= 11 is 0. The highest BCUT2D eigenvalue weighted by atomic mass is 19.3. The van der Waals surface area contributed by atoms with Gasteiger partial charge in [-0.2, -0.15) is 5.26 Å². The fraction of sp³-hybridized carbons (Fsp3) is 0.379. The summed E-state index contributed by atoms with van der Waals surface area (Å²) in [6.45, 7) is 3.53. The summed E-state index contributed by atoms with van der Waals surface area (Å²) in [5.74, 6) is -0.177. The third kappa shape index (κ3) is 6.87. The second kappa shape index (κ2) is 12.9. The van der Waals surface area contributed by atoms with Gasteiger partial charge in [0.2, 0.25) is 5.95 Å². The van der Waals surface area contributed by atoms with Crippen LogP contribution in [0.25, 0.3) is 11.3 Å². The van der Waals surface area contributed by atoms with Crippen molar-refractivity contribution in [1.29, 1.82) is 5.26 Å². The molecular weight excluding hydrogens is 534 g/mol. The number of anilines is 3. The Bertz CT molecular complexity index is 1390. The third-order valence-corrected chi connectivity index (χ3v) is 7.09. The number of halogens is 2. The lowest BCUT2D eigenvalue weighted by Gasteiger charge is -2.33. The van der Waals surface area contributed by atoms with Crippen LogP contribution in [0.3, 0.4) is 0 Å². The van der Waals surface area contributed by atoms with E-state index in [1.54, 1.807) is 30.5 Å². The number of nitriles is 1. The molecule has 214 valence electrons. The number of benzene rings is 2. The molecule has 2 aromatic carbocycles. The van der Waals surface area contributed by atoms with E-state index in [1.165, 1.54) is 4.90 Å². The highest BCUT2D eigenvalue weighted by Gasteiger charge is 2.33. The molecular formula is C29H30F2N6O4. The van der Waals surface area contributed by atoms with E-state index in [9.17, 15) is 23.9 Å². The lowest BCUT2D eigenvalue weighted by Crippen LogP contribution is -2.47. The Balaban J connectivity index is 1.21. The van der Waals surface area contributed by atoms with Crippen LogP contribution in [-0.2, 0) is 9.53 Å². The van der Waals surface area contributed by atoms with Gasteiger partial charge < -0.3 is 29.7 Å². The summed E-state index contributed by atoms with van der Waals surface area (Å²) < 4.78 is 36.8. The number of piperidine rings is 1. The molecule has 2 aliphatic rings. The van der Waals surface area contributed by atoms with E-state index in [4.69, 9.17) is 9.47 Å². The maximum Gasteiger partial charge on any atom is 0.273 e. The van der Waals surface area contributed by atoms with Gasteiger partial charge in [0, 0.05) is 62.2 Å². The Labute approximate surface area is 236 Å². The fourth-order valence-corrected chi connectivity index (χ4v) is 4.83. The summed E-state index contributed by atoms with van der Waals surface area (Å²) in [5, 5.41) is 22.4. The molecule has 0 unspecified atom stereocenters. The summed E-state index contributed by atoms with van der Waals surface area (Å²) in [7, 11) is 0. The average molecular weight is 565 g/mol. The van der Waals surface area contributed by atoms with Crippen LogP contribution in [0, 0.1) is 11.3 Å². The highest BCUT2D eigenvalue weighted by Crippen LogP contribution is 2.29. The van der Waals surface area contributed by atoms with Crippen molar-refractivity contribution in [3.05, 3.63) is 60.3 Å². The van der Waals surface area contributed by atoms with Crippen LogP contribution in [-0.4, -0.2) is 83.9 Å². The summed E-state index contributed by atoms with van der Waals surface area (Å²) in [5.41, 5.74) is 3.63. The monoisotopic (exact) mass is 564 g/mol. The SMILES string of the molecule is N#Cc1cc(-c2ccnc(Nc3ccc(N4CCOCC4)cc3)n2)ccc1OC1CCN(C(=O)[C@H](O)C(F)F)CC1. The molecule has 2 fully saturated rings. The zero-order valence-corrected chi connectivity index (χ0v) is 22.2. The van der Waals surface area contributed by atoms with E-state index < -0.39 is 18.4 Å². The van der Waals surface area contributed by atoms with Crippen molar-refractivity contribution in [2.24, 2.45) is 0 Å². The number of likely N-dealkylation sites (tertiary alicyclic amines) is 1. The molecule has 2 aliphatic heterocycles. The average Bonchev–Trinajstić information content (AvgIpc) is 3.02. The smallest absolute Gasteiger partial charge is 0.273 e. The molecule has 0 bridgehead atoms. The standard InChI is InChI=1S/C29H30F2N6O4/c30-27(31)26(38)28(39)37-11-8-23(9-12-37)41-25-6-1-19(17-20(25)18-32)24-7-10-33-29(35-24)34-21-2-4-22(5-3-21)36-13-15-40-16-14-36/h1-7,10,17,23,26-27,38H,8-9,11-16H2,(H,33,34,35)/t26-/m1/s1. The van der Waals surface area contributed by atoms with Crippen molar-refractivity contribution in [1.82, 2.24) is 14.9 Å². The predicted molar refractivity (Wildman–Crippen MR) is 147 cm³/mol. The number of hydrogen-bond acceptors (Lipinski definition) is 9. The Morgan fingerprint density at radius 3 is 2.51 bits per heavy atom. The number of aliphatic hydroxyl groups is 1. The fourth-order valence-electron chi connectivity index (χ4n) is 4.83. The number of amides is 1. The molecule has 12 heteroatoms. The van der Waals surface area contributed by atoms with Crippen molar-refractivity contribution in [2.75, 3.05) is 49.6 Å². The van der Waals surface area contributed by atoms with E-state index in [0.29, 0.717) is 41.4 Å². The van der Waals surface area contributed by atoms with E-state index in [1.807, 2.05) is 24.3 Å². The molecule has 2 saturated heterocycles. The number of carbonyl (C=O) groups is 1. The van der Waals surface area contributed by atoms with E-state index in [-0.39, 0.29) is 19.2 Å². The number of rotatable bonds is 8. The maximum atomic E-state index is 12.7. The molecule has 3 heterocycles. The molecule has 1 amide bonds. The van der Waals surface area contributed by atoms with Crippen molar-refractivity contribution < 1.29 is 28.2 Å². The summed E-state index contributed by atoms with van der Waals surface area (Å²) in [6.07, 6.45) is -3.31. The minimum absolute atomic E-state index is 0.180. The second-order valence-electron chi connectivity index (χ2n) is 9.78. The molecule has 0 saturated carbocycles. The quantitative estimate of drug-likeness (QED) is 0.422. The zero-order chi connectivity index (χ0) is 28.8. The van der Waals surface area contributed by atoms with Crippen molar-refractivity contribution in [3.63, 3.8) is 0 Å². The minimum Gasteiger partial charge on any atom is -0.489 e. The maximum absolute atomic E-state index is 12.7. The number of aromatic nitrogens is 2. The van der Waals surface area contributed by atoms with Gasteiger partial charge in [0.05, 0.1) is 24.5 Å². The first-order valence-corrected chi connectivity index (χ1v) is 13.4. The van der Waals surface area contributed by atoms with E-state index >= 15 is 0 Å². The molecule has 2 N–H and O–H groups in total. The van der Waals surface area contributed by atoms with Crippen LogP contribution in [0.1, 0.15) is 18.4 Å². The number of ether oxygens (including phenoxy) is 2. The van der Waals surface area contributed by atoms with Gasteiger partial charge in [-0.25, -0.2) is 18.7 Å². The topological polar surface area (TPSA) is 124 Å². The van der Waals surface area contributed by atoms with E-state index in [0.717, 1.165) is 37.7 Å². The van der Waals surface area contributed by atoms with Crippen LogP contribution < -0.4 is 15.0 Å². The number of carbonyl (C=O) groups excluding carboxylic acids is 1. The minimum atomic E-state index is -3.12. The first kappa shape index (κ1) is 28.2. The van der Waals surface area contributed by atoms with Gasteiger partial charge in [-0.1, -0.05) is 0 Å². The largest absolute Gasteiger partial charge is 0.489 e. The normalized spacial score (nSPS) is 16.8. The molecule has 10 nitrogen and oxygen atoms in total. The third-order valence-electron chi connectivity index (χ3n) is 7.09. The Kier molecular flexibility index (Phi) is 8.86. The molecule has 0 radical (unpaired) electrons. The van der Waals surface area contributed by atoms with Gasteiger partial charge in [-0.15, -0.1) is 0 Å². The van der Waals surface area contributed by atoms with Crippen LogP contribution in [0.2, 0.25) is 0 Å². The number of nitrogens with zero attached hydrogens (tertiary/aromatic N) is 5. The van der Waals surface area contributed by atoms with Crippen molar-refractivity contribution >= 4 is 23.2 Å². The van der Waals surface area contributed by atoms with Crippen LogP contribution in [0.4, 0.5) is 26.1 Å². The van der Waals surface area contributed by atoms with Gasteiger partial charge in [-0.05, 0) is 48.5 Å². The molecule has 5 rings (SSSR count). The Morgan fingerprint density at radius 2 is 1.83 bits per heavy atom. The first-order chi connectivity index (χ1) is 19.9. The van der Waals surface area contributed by atoms with Gasteiger partial charge >= 0.3 is 0 Å². The number of alkyl halides is 2. The second-order valence-corrected chi connectivity index (χ2v) is 9.78. The number of aliphatic hydroxyl groups excluding tert-OH is 1. The zero-order valence-electron chi connectivity index (χ0n) is 22.2. The van der Waals surface area contributed by atoms with Crippen LogP contribution in [0.5, 0.6) is 5.75 Å². The number of hydrogen-bond donors (Lipinski definition) is 2. The van der Waals surface area contributed by atoms with Gasteiger partial charge in [-0.3, -0.25) is 4.79 Å². The van der Waals surface area contributed by atoms with Crippen molar-refractivity contribution in [3.8, 4) is 23.1 Å². The number of morpholine rings is 1. The van der Waals surface area contributed by atoms with Gasteiger partial charge in [0.25, 0.3) is 12.3 Å². The molecule has 0 spiro atoms.